The molecule has 0 radical (unpaired) electrons. The molecule has 2 unspecified atom stereocenters. The maximum atomic E-state index is 10.4. The molecule has 0 aliphatic carbocycles. The quantitative estimate of drug-likeness (QED) is 0.707. The third-order valence-electron chi connectivity index (χ3n) is 2.82. The molecule has 4 nitrogen and oxygen atoms in total. The van der Waals surface area contributed by atoms with Crippen molar-refractivity contribution in [2.45, 2.75) is 25.5 Å². The molecule has 0 aromatic heterocycles. The highest BCUT2D eigenvalue weighted by molar-refractivity contribution is 6.30. The van der Waals surface area contributed by atoms with Gasteiger partial charge in [0.15, 0.2) is 0 Å². The molecule has 0 heterocycles. The van der Waals surface area contributed by atoms with Gasteiger partial charge in [-0.25, -0.2) is 0 Å². The summed E-state index contributed by atoms with van der Waals surface area (Å²) in [5.74, 6) is 0.659. The zero-order chi connectivity index (χ0) is 13.5. The van der Waals surface area contributed by atoms with Crippen LogP contribution in [0, 0.1) is 0 Å². The van der Waals surface area contributed by atoms with Crippen LogP contribution in [0.2, 0.25) is 5.02 Å². The number of ether oxygens (including phenoxy) is 1. The van der Waals surface area contributed by atoms with Gasteiger partial charge >= 0.3 is 0 Å². The van der Waals surface area contributed by atoms with E-state index in [0.717, 1.165) is 0 Å². The molecule has 1 aromatic carbocycles. The number of aliphatic hydroxyl groups is 1. The minimum Gasteiger partial charge on any atom is -0.493 e. The molecule has 18 heavy (non-hydrogen) atoms. The van der Waals surface area contributed by atoms with Crippen molar-refractivity contribution in [1.29, 1.82) is 0 Å². The number of halogens is 1. The summed E-state index contributed by atoms with van der Waals surface area (Å²) in [5, 5.41) is 14.0. The lowest BCUT2D eigenvalue weighted by Gasteiger charge is -2.24. The molecule has 0 aliphatic heterocycles. The van der Waals surface area contributed by atoms with E-state index in [0.29, 0.717) is 35.9 Å². The van der Waals surface area contributed by atoms with E-state index < -0.39 is 6.10 Å². The summed E-state index contributed by atoms with van der Waals surface area (Å²) in [6, 6.07) is 5.14. The summed E-state index contributed by atoms with van der Waals surface area (Å²) in [6.07, 6.45) is -0.0192. The van der Waals surface area contributed by atoms with Gasteiger partial charge in [-0.15, -0.1) is 0 Å². The predicted octanol–water partition coefficient (Wildman–Crippen LogP) is 1.71. The number of nitrogens with two attached hydrogens (primary N) is 1. The van der Waals surface area contributed by atoms with E-state index in [9.17, 15) is 5.11 Å². The van der Waals surface area contributed by atoms with Crippen molar-refractivity contribution in [3.8, 4) is 5.75 Å². The van der Waals surface area contributed by atoms with E-state index in [2.05, 4.69) is 5.32 Å². The van der Waals surface area contributed by atoms with Crippen LogP contribution >= 0.6 is 11.6 Å². The van der Waals surface area contributed by atoms with Crippen LogP contribution in [0.5, 0.6) is 5.75 Å². The Kier molecular flexibility index (Phi) is 6.43. The van der Waals surface area contributed by atoms with Gasteiger partial charge < -0.3 is 20.9 Å². The average molecular weight is 273 g/mol. The number of hydrogen-bond acceptors (Lipinski definition) is 4. The van der Waals surface area contributed by atoms with Crippen LogP contribution in [0.3, 0.4) is 0 Å². The van der Waals surface area contributed by atoms with Crippen molar-refractivity contribution in [1.82, 2.24) is 5.32 Å². The molecule has 0 aliphatic rings. The van der Waals surface area contributed by atoms with Crippen LogP contribution in [-0.2, 0) is 0 Å². The van der Waals surface area contributed by atoms with Crippen LogP contribution in [0.1, 0.15) is 25.0 Å². The topological polar surface area (TPSA) is 67.5 Å². The maximum Gasteiger partial charge on any atom is 0.125 e. The van der Waals surface area contributed by atoms with Crippen molar-refractivity contribution in [3.63, 3.8) is 0 Å². The lowest BCUT2D eigenvalue weighted by Crippen LogP contribution is -2.34. The highest BCUT2D eigenvalue weighted by atomic mass is 35.5. The monoisotopic (exact) mass is 272 g/mol. The van der Waals surface area contributed by atoms with Gasteiger partial charge in [0.2, 0.25) is 0 Å². The highest BCUT2D eigenvalue weighted by Crippen LogP contribution is 2.31. The second kappa shape index (κ2) is 7.59. The van der Waals surface area contributed by atoms with E-state index >= 15 is 0 Å². The van der Waals surface area contributed by atoms with Crippen molar-refractivity contribution < 1.29 is 9.84 Å². The first kappa shape index (κ1) is 15.2. The molecule has 0 spiro atoms. The van der Waals surface area contributed by atoms with Crippen molar-refractivity contribution in [3.05, 3.63) is 28.8 Å². The molecule has 4 N–H and O–H groups in total. The number of rotatable bonds is 7. The minimum absolute atomic E-state index is 0.118. The van der Waals surface area contributed by atoms with Crippen LogP contribution in [0.15, 0.2) is 18.2 Å². The zero-order valence-corrected chi connectivity index (χ0v) is 11.6. The van der Waals surface area contributed by atoms with Gasteiger partial charge in [0.1, 0.15) is 5.75 Å². The summed E-state index contributed by atoms with van der Waals surface area (Å²) in [7, 11) is 1.80. The SMILES string of the molecule is CCOc1ccc(Cl)cc1C(O)C(CCN)NC. The van der Waals surface area contributed by atoms with E-state index in [-0.39, 0.29) is 6.04 Å². The third-order valence-corrected chi connectivity index (χ3v) is 3.06. The third kappa shape index (κ3) is 3.85. The normalized spacial score (nSPS) is 14.3. The number of hydrogen-bond donors (Lipinski definition) is 3. The predicted molar refractivity (Wildman–Crippen MR) is 74.1 cm³/mol. The Morgan fingerprint density at radius 1 is 1.50 bits per heavy atom. The Labute approximate surface area is 113 Å². The number of likely N-dealkylation sites (N-methyl/N-ethyl adjacent to an activating group) is 1. The molecule has 0 saturated carbocycles. The highest BCUT2D eigenvalue weighted by Gasteiger charge is 2.22. The first-order valence-corrected chi connectivity index (χ1v) is 6.49. The number of benzene rings is 1. The lowest BCUT2D eigenvalue weighted by atomic mass is 9.99. The molecule has 0 saturated heterocycles. The standard InChI is InChI=1S/C13H21ClN2O2/c1-3-18-12-5-4-9(14)8-10(12)13(17)11(16-2)6-7-15/h4-5,8,11,13,16-17H,3,6-7,15H2,1-2H3. The van der Waals surface area contributed by atoms with Crippen LogP contribution in [-0.4, -0.2) is 31.3 Å². The van der Waals surface area contributed by atoms with Gasteiger partial charge in [-0.1, -0.05) is 11.6 Å². The first-order chi connectivity index (χ1) is 8.63. The van der Waals surface area contributed by atoms with E-state index in [1.165, 1.54) is 0 Å². The summed E-state index contributed by atoms with van der Waals surface area (Å²) < 4.78 is 5.51. The molecule has 102 valence electrons. The summed E-state index contributed by atoms with van der Waals surface area (Å²) >= 11 is 5.97. The fraction of sp³-hybridized carbons (Fsp3) is 0.538. The summed E-state index contributed by atoms with van der Waals surface area (Å²) in [6.45, 7) is 2.95. The second-order valence-corrected chi connectivity index (χ2v) is 4.47. The van der Waals surface area contributed by atoms with E-state index in [4.69, 9.17) is 22.1 Å². The van der Waals surface area contributed by atoms with Gasteiger partial charge in [-0.05, 0) is 45.1 Å². The molecule has 2 atom stereocenters. The smallest absolute Gasteiger partial charge is 0.125 e. The minimum atomic E-state index is -0.696. The van der Waals surface area contributed by atoms with Gasteiger partial charge in [0, 0.05) is 16.6 Å². The largest absolute Gasteiger partial charge is 0.493 e. The van der Waals surface area contributed by atoms with Crippen molar-refractivity contribution in [2.75, 3.05) is 20.2 Å². The fourth-order valence-electron chi connectivity index (χ4n) is 1.89. The van der Waals surface area contributed by atoms with Crippen molar-refractivity contribution >= 4 is 11.6 Å². The maximum absolute atomic E-state index is 10.4. The zero-order valence-electron chi connectivity index (χ0n) is 10.8. The Balaban J connectivity index is 3.00. The second-order valence-electron chi connectivity index (χ2n) is 4.03. The molecule has 1 aromatic rings. The van der Waals surface area contributed by atoms with Crippen LogP contribution in [0.25, 0.3) is 0 Å². The first-order valence-electron chi connectivity index (χ1n) is 6.11. The fourth-order valence-corrected chi connectivity index (χ4v) is 2.07. The van der Waals surface area contributed by atoms with Gasteiger partial charge in [-0.3, -0.25) is 0 Å². The van der Waals surface area contributed by atoms with Gasteiger partial charge in [0.05, 0.1) is 12.7 Å². The molecule has 5 heteroatoms. The molecule has 1 rings (SSSR count). The van der Waals surface area contributed by atoms with Gasteiger partial charge in [0.25, 0.3) is 0 Å². The van der Waals surface area contributed by atoms with Gasteiger partial charge in [-0.2, -0.15) is 0 Å². The number of nitrogens with one attached hydrogen (secondary N) is 1. The Bertz CT molecular complexity index is 374. The molecular weight excluding hydrogens is 252 g/mol. The lowest BCUT2D eigenvalue weighted by molar-refractivity contribution is 0.125. The molecule has 0 bridgehead atoms. The molecular formula is C13H21ClN2O2. The van der Waals surface area contributed by atoms with Crippen LogP contribution in [0.4, 0.5) is 0 Å². The van der Waals surface area contributed by atoms with Crippen LogP contribution < -0.4 is 15.8 Å². The Morgan fingerprint density at radius 3 is 2.78 bits per heavy atom. The van der Waals surface area contributed by atoms with Crippen molar-refractivity contribution in [2.24, 2.45) is 5.73 Å². The summed E-state index contributed by atoms with van der Waals surface area (Å²) in [5.41, 5.74) is 6.23. The number of aliphatic hydroxyl groups excluding tert-OH is 1. The Hall–Kier alpha value is -0.810. The Morgan fingerprint density at radius 2 is 2.22 bits per heavy atom. The summed E-state index contributed by atoms with van der Waals surface area (Å²) in [4.78, 5) is 0. The molecule has 0 fully saturated rings. The molecule has 0 amide bonds. The average Bonchev–Trinajstić information content (AvgIpc) is 2.37. The van der Waals surface area contributed by atoms with E-state index in [1.807, 2.05) is 6.92 Å². The van der Waals surface area contributed by atoms with E-state index in [1.54, 1.807) is 25.2 Å².